The maximum absolute atomic E-state index is 13.2. The minimum Gasteiger partial charge on any atom is -0.353 e. The van der Waals surface area contributed by atoms with Gasteiger partial charge in [0.15, 0.2) is 0 Å². The average Bonchev–Trinajstić information content (AvgIpc) is 3.37. The Balaban J connectivity index is 1.39. The summed E-state index contributed by atoms with van der Waals surface area (Å²) in [5.74, 6) is 0.0634. The molecule has 4 rings (SSSR count). The maximum Gasteiger partial charge on any atom is 0.239 e. The summed E-state index contributed by atoms with van der Waals surface area (Å²) in [4.78, 5) is 31.8. The van der Waals surface area contributed by atoms with E-state index in [1.807, 2.05) is 4.90 Å². The van der Waals surface area contributed by atoms with Crippen molar-refractivity contribution in [2.24, 2.45) is 0 Å². The molecule has 0 unspecified atom stereocenters. The molecule has 3 heterocycles. The molecule has 29 heavy (non-hydrogen) atoms. The lowest BCUT2D eigenvalue weighted by atomic mass is 10.0. The molecular weight excluding hydrogens is 371 g/mol. The molecule has 0 bridgehead atoms. The van der Waals surface area contributed by atoms with E-state index in [0.717, 1.165) is 50.9 Å². The number of fused-ring (bicyclic) bond motifs is 1. The number of benzene rings is 1. The lowest BCUT2D eigenvalue weighted by Crippen LogP contribution is -2.49. The Labute approximate surface area is 172 Å². The topological polar surface area (TPSA) is 55.9 Å². The highest BCUT2D eigenvalue weighted by Gasteiger charge is 2.44. The Morgan fingerprint density at radius 3 is 2.62 bits per heavy atom. The van der Waals surface area contributed by atoms with Gasteiger partial charge in [0.05, 0.1) is 0 Å². The minimum atomic E-state index is -0.244. The first kappa shape index (κ1) is 20.3. The summed E-state index contributed by atoms with van der Waals surface area (Å²) in [5, 5.41) is 3.11. The predicted octanol–water partition coefficient (Wildman–Crippen LogP) is 1.60. The van der Waals surface area contributed by atoms with Crippen LogP contribution in [-0.2, 0) is 16.1 Å². The Bertz CT molecular complexity index is 735. The Morgan fingerprint density at radius 2 is 1.90 bits per heavy atom. The first-order valence-corrected chi connectivity index (χ1v) is 10.8. The van der Waals surface area contributed by atoms with Crippen LogP contribution in [0.5, 0.6) is 0 Å². The fourth-order valence-electron chi connectivity index (χ4n) is 5.07. The number of halogens is 1. The van der Waals surface area contributed by atoms with Gasteiger partial charge < -0.3 is 10.2 Å². The smallest absolute Gasteiger partial charge is 0.239 e. The maximum atomic E-state index is 13.2. The van der Waals surface area contributed by atoms with E-state index in [9.17, 15) is 14.0 Å². The third-order valence-electron chi connectivity index (χ3n) is 6.80. The highest BCUT2D eigenvalue weighted by Crippen LogP contribution is 2.28. The molecule has 0 radical (unpaired) electrons. The molecule has 2 amide bonds. The number of hydrogen-bond acceptors (Lipinski definition) is 4. The number of nitrogens with one attached hydrogen (secondary N) is 1. The van der Waals surface area contributed by atoms with Crippen molar-refractivity contribution in [3.8, 4) is 0 Å². The summed E-state index contributed by atoms with van der Waals surface area (Å²) in [6, 6.07) is 6.62. The number of carbonyl (C=O) groups is 2. The molecule has 3 fully saturated rings. The largest absolute Gasteiger partial charge is 0.353 e. The van der Waals surface area contributed by atoms with E-state index in [-0.39, 0.29) is 35.8 Å². The number of likely N-dealkylation sites (N-methyl/N-ethyl adjacent to an activating group) is 1. The average molecular weight is 403 g/mol. The molecule has 3 saturated heterocycles. The van der Waals surface area contributed by atoms with E-state index in [1.165, 1.54) is 12.1 Å². The number of nitrogens with zero attached hydrogens (tertiary/aromatic N) is 3. The third-order valence-corrected chi connectivity index (χ3v) is 6.80. The van der Waals surface area contributed by atoms with Crippen LogP contribution < -0.4 is 5.32 Å². The zero-order valence-corrected chi connectivity index (χ0v) is 17.1. The number of rotatable bonds is 5. The van der Waals surface area contributed by atoms with Crippen molar-refractivity contribution in [2.45, 2.75) is 56.8 Å². The summed E-state index contributed by atoms with van der Waals surface area (Å²) in [6.45, 7) is 3.84. The van der Waals surface area contributed by atoms with Gasteiger partial charge >= 0.3 is 0 Å². The van der Waals surface area contributed by atoms with Crippen LogP contribution in [0.15, 0.2) is 24.3 Å². The zero-order chi connectivity index (χ0) is 20.4. The second-order valence-corrected chi connectivity index (χ2v) is 8.59. The van der Waals surface area contributed by atoms with Crippen LogP contribution in [0.3, 0.4) is 0 Å². The van der Waals surface area contributed by atoms with Gasteiger partial charge in [0, 0.05) is 51.2 Å². The van der Waals surface area contributed by atoms with Gasteiger partial charge in [0.25, 0.3) is 0 Å². The van der Waals surface area contributed by atoms with Crippen molar-refractivity contribution in [1.29, 1.82) is 0 Å². The SMILES string of the molecule is CN1[C@@H](CCC(=O)N2CCCC2)CNC(=O)[C@@H]2[C@H]1CCN2Cc1ccc(F)cc1. The molecule has 1 aromatic rings. The standard InChI is InChI=1S/C22H31FN4O2/c1-25-18(8-9-20(28)26-11-2-3-12-26)14-24-22(29)21-19(25)10-13-27(21)15-16-4-6-17(23)7-5-16/h4-7,18-19,21H,2-3,8-15H2,1H3,(H,24,29)/t18-,19+,21-/m0/s1. The van der Waals surface area contributed by atoms with E-state index < -0.39 is 0 Å². The highest BCUT2D eigenvalue weighted by atomic mass is 19.1. The normalized spacial score (nSPS) is 28.3. The fraction of sp³-hybridized carbons (Fsp3) is 0.636. The van der Waals surface area contributed by atoms with E-state index in [2.05, 4.69) is 22.2 Å². The molecule has 1 N–H and O–H groups in total. The molecule has 1 aromatic carbocycles. The van der Waals surface area contributed by atoms with Crippen molar-refractivity contribution in [1.82, 2.24) is 20.0 Å². The summed E-state index contributed by atoms with van der Waals surface area (Å²) in [5.41, 5.74) is 1.01. The monoisotopic (exact) mass is 402 g/mol. The Kier molecular flexibility index (Phi) is 6.15. The molecule has 3 aliphatic heterocycles. The third kappa shape index (κ3) is 4.46. The van der Waals surface area contributed by atoms with Crippen molar-refractivity contribution in [3.05, 3.63) is 35.6 Å². The lowest BCUT2D eigenvalue weighted by Gasteiger charge is -2.33. The first-order chi connectivity index (χ1) is 14.0. The molecule has 0 spiro atoms. The van der Waals surface area contributed by atoms with Crippen LogP contribution >= 0.6 is 0 Å². The summed E-state index contributed by atoms with van der Waals surface area (Å²) >= 11 is 0. The van der Waals surface area contributed by atoms with Crippen LogP contribution in [0.1, 0.15) is 37.7 Å². The van der Waals surface area contributed by atoms with Crippen molar-refractivity contribution >= 4 is 11.8 Å². The highest BCUT2D eigenvalue weighted by molar-refractivity contribution is 5.83. The molecule has 7 heteroatoms. The summed E-state index contributed by atoms with van der Waals surface area (Å²) < 4.78 is 13.2. The molecule has 158 valence electrons. The summed E-state index contributed by atoms with van der Waals surface area (Å²) in [7, 11) is 2.09. The fourth-order valence-corrected chi connectivity index (χ4v) is 5.07. The van der Waals surface area contributed by atoms with E-state index in [0.29, 0.717) is 19.5 Å². The molecule has 0 aliphatic carbocycles. The number of hydrogen-bond donors (Lipinski definition) is 1. The van der Waals surface area contributed by atoms with Crippen LogP contribution in [0.25, 0.3) is 0 Å². The van der Waals surface area contributed by atoms with Crippen molar-refractivity contribution < 1.29 is 14.0 Å². The van der Waals surface area contributed by atoms with Gasteiger partial charge in [-0.1, -0.05) is 12.1 Å². The number of amides is 2. The van der Waals surface area contributed by atoms with Gasteiger partial charge in [0.2, 0.25) is 11.8 Å². The zero-order valence-electron chi connectivity index (χ0n) is 17.1. The quantitative estimate of drug-likeness (QED) is 0.813. The second-order valence-electron chi connectivity index (χ2n) is 8.59. The molecule has 0 saturated carbocycles. The van der Waals surface area contributed by atoms with E-state index >= 15 is 0 Å². The van der Waals surface area contributed by atoms with Crippen LogP contribution in [-0.4, -0.2) is 77.9 Å². The molecule has 6 nitrogen and oxygen atoms in total. The number of carbonyl (C=O) groups excluding carboxylic acids is 2. The van der Waals surface area contributed by atoms with Gasteiger partial charge in [0.1, 0.15) is 11.9 Å². The van der Waals surface area contributed by atoms with Crippen LogP contribution in [0.4, 0.5) is 4.39 Å². The molecular formula is C22H31FN4O2. The predicted molar refractivity (Wildman–Crippen MR) is 109 cm³/mol. The van der Waals surface area contributed by atoms with Crippen LogP contribution in [0, 0.1) is 5.82 Å². The molecule has 3 aliphatic rings. The molecule has 3 atom stereocenters. The first-order valence-electron chi connectivity index (χ1n) is 10.8. The second kappa shape index (κ2) is 8.79. The van der Waals surface area contributed by atoms with Gasteiger partial charge in [-0.3, -0.25) is 19.4 Å². The Hall–Kier alpha value is -1.99. The van der Waals surface area contributed by atoms with E-state index in [1.54, 1.807) is 12.1 Å². The van der Waals surface area contributed by atoms with Crippen molar-refractivity contribution in [3.63, 3.8) is 0 Å². The summed E-state index contributed by atoms with van der Waals surface area (Å²) in [6.07, 6.45) is 4.46. The van der Waals surface area contributed by atoms with Gasteiger partial charge in [-0.15, -0.1) is 0 Å². The Morgan fingerprint density at radius 1 is 1.17 bits per heavy atom. The van der Waals surface area contributed by atoms with Gasteiger partial charge in [-0.25, -0.2) is 4.39 Å². The van der Waals surface area contributed by atoms with Gasteiger partial charge in [-0.05, 0) is 50.4 Å². The van der Waals surface area contributed by atoms with Gasteiger partial charge in [-0.2, -0.15) is 0 Å². The number of likely N-dealkylation sites (tertiary alicyclic amines) is 2. The molecule has 0 aromatic heterocycles. The minimum absolute atomic E-state index is 0.0647. The van der Waals surface area contributed by atoms with E-state index in [4.69, 9.17) is 0 Å². The van der Waals surface area contributed by atoms with Crippen LogP contribution in [0.2, 0.25) is 0 Å². The van der Waals surface area contributed by atoms with Crippen molar-refractivity contribution in [2.75, 3.05) is 33.2 Å². The lowest BCUT2D eigenvalue weighted by molar-refractivity contribution is -0.130.